The first-order valence-corrected chi connectivity index (χ1v) is 6.68. The van der Waals surface area contributed by atoms with Gasteiger partial charge in [-0.05, 0) is 42.2 Å². The van der Waals surface area contributed by atoms with Crippen LogP contribution in [0.25, 0.3) is 0 Å². The first-order valence-electron chi connectivity index (χ1n) is 6.68. The molecule has 0 aliphatic heterocycles. The third-order valence-corrected chi connectivity index (χ3v) is 5.17. The summed E-state index contributed by atoms with van der Waals surface area (Å²) in [5, 5.41) is 29.2. The van der Waals surface area contributed by atoms with Crippen molar-refractivity contribution in [1.29, 1.82) is 0 Å². The van der Waals surface area contributed by atoms with Gasteiger partial charge in [0.25, 0.3) is 0 Å². The summed E-state index contributed by atoms with van der Waals surface area (Å²) in [5.41, 5.74) is 1.61. The molecule has 2 aliphatic carbocycles. The highest BCUT2D eigenvalue weighted by molar-refractivity contribution is 5.29. The molecule has 0 heterocycles. The molecule has 0 amide bonds. The van der Waals surface area contributed by atoms with Crippen LogP contribution in [0.15, 0.2) is 23.8 Å². The van der Waals surface area contributed by atoms with E-state index in [4.69, 9.17) is 0 Å². The summed E-state index contributed by atoms with van der Waals surface area (Å²) in [5.74, 6) is 0. The molecule has 1 fully saturated rings. The minimum absolute atomic E-state index is 0.0831. The Morgan fingerprint density at radius 2 is 2.06 bits per heavy atom. The van der Waals surface area contributed by atoms with E-state index >= 15 is 0 Å². The highest BCUT2D eigenvalue weighted by atomic mass is 16.3. The third-order valence-electron chi connectivity index (χ3n) is 5.17. The van der Waals surface area contributed by atoms with Crippen LogP contribution < -0.4 is 0 Å². The van der Waals surface area contributed by atoms with Crippen molar-refractivity contribution in [2.24, 2.45) is 10.8 Å². The van der Waals surface area contributed by atoms with Crippen LogP contribution in [0, 0.1) is 10.8 Å². The van der Waals surface area contributed by atoms with E-state index in [9.17, 15) is 15.3 Å². The summed E-state index contributed by atoms with van der Waals surface area (Å²) >= 11 is 0. The van der Waals surface area contributed by atoms with Crippen LogP contribution in [-0.4, -0.2) is 34.1 Å². The highest BCUT2D eigenvalue weighted by Gasteiger charge is 2.54. The van der Waals surface area contributed by atoms with E-state index < -0.39 is 12.2 Å². The molecular weight excluding hydrogens is 228 g/mol. The fraction of sp³-hybridized carbons (Fsp3) is 0.733. The zero-order valence-electron chi connectivity index (χ0n) is 11.3. The number of hydrogen-bond acceptors (Lipinski definition) is 3. The van der Waals surface area contributed by atoms with Gasteiger partial charge in [-0.3, -0.25) is 0 Å². The standard InChI is InChI=1S/C15H24O3/c1-10-13(18)12(17)8-14(2,3)15(10)6-4-11(9-16)5-7-15/h4,12-13,16-18H,1,5-9H2,2-3H3/t12-,13-,15-/m0/s1. The molecule has 2 rings (SSSR count). The molecule has 0 aromatic heterocycles. The molecule has 0 saturated heterocycles. The maximum Gasteiger partial charge on any atom is 0.101 e. The van der Waals surface area contributed by atoms with Gasteiger partial charge in [0, 0.05) is 5.41 Å². The summed E-state index contributed by atoms with van der Waals surface area (Å²) in [7, 11) is 0. The molecule has 18 heavy (non-hydrogen) atoms. The van der Waals surface area contributed by atoms with Crippen molar-refractivity contribution in [2.75, 3.05) is 6.61 Å². The van der Waals surface area contributed by atoms with Crippen molar-refractivity contribution >= 4 is 0 Å². The van der Waals surface area contributed by atoms with E-state index in [2.05, 4.69) is 26.5 Å². The van der Waals surface area contributed by atoms with Crippen molar-refractivity contribution in [1.82, 2.24) is 0 Å². The molecule has 0 aromatic rings. The number of hydrogen-bond donors (Lipinski definition) is 3. The Hall–Kier alpha value is -0.640. The lowest BCUT2D eigenvalue weighted by Crippen LogP contribution is -2.53. The van der Waals surface area contributed by atoms with Crippen molar-refractivity contribution in [3.05, 3.63) is 23.8 Å². The third kappa shape index (κ3) is 1.85. The van der Waals surface area contributed by atoms with Crippen LogP contribution in [0.1, 0.15) is 39.5 Å². The smallest absolute Gasteiger partial charge is 0.101 e. The largest absolute Gasteiger partial charge is 0.392 e. The zero-order valence-corrected chi connectivity index (χ0v) is 11.3. The van der Waals surface area contributed by atoms with E-state index in [1.165, 1.54) is 0 Å². The average molecular weight is 252 g/mol. The second-order valence-electron chi connectivity index (χ2n) is 6.43. The Kier molecular flexibility index (Phi) is 3.43. The second-order valence-corrected chi connectivity index (χ2v) is 6.43. The average Bonchev–Trinajstić information content (AvgIpc) is 2.34. The van der Waals surface area contributed by atoms with E-state index in [1.54, 1.807) is 0 Å². The zero-order chi connectivity index (χ0) is 13.6. The molecular formula is C15H24O3. The lowest BCUT2D eigenvalue weighted by molar-refractivity contribution is -0.0757. The van der Waals surface area contributed by atoms with E-state index in [-0.39, 0.29) is 17.4 Å². The molecule has 2 aliphatic rings. The molecule has 1 spiro atoms. The molecule has 102 valence electrons. The topological polar surface area (TPSA) is 60.7 Å². The van der Waals surface area contributed by atoms with Gasteiger partial charge in [-0.2, -0.15) is 0 Å². The van der Waals surface area contributed by atoms with Crippen LogP contribution >= 0.6 is 0 Å². The second kappa shape index (κ2) is 4.48. The van der Waals surface area contributed by atoms with Gasteiger partial charge in [0.2, 0.25) is 0 Å². The van der Waals surface area contributed by atoms with Crippen molar-refractivity contribution in [3.8, 4) is 0 Å². The van der Waals surface area contributed by atoms with E-state index in [1.807, 2.05) is 0 Å². The predicted octanol–water partition coefficient (Wildman–Crippen LogP) is 1.78. The monoisotopic (exact) mass is 252 g/mol. The summed E-state index contributed by atoms with van der Waals surface area (Å²) in [6, 6.07) is 0. The predicted molar refractivity (Wildman–Crippen MR) is 71.0 cm³/mol. The Labute approximate surface area is 109 Å². The molecule has 3 heteroatoms. The lowest BCUT2D eigenvalue weighted by Gasteiger charge is -2.56. The number of aliphatic hydroxyl groups is 3. The van der Waals surface area contributed by atoms with Gasteiger partial charge in [-0.15, -0.1) is 0 Å². The maximum atomic E-state index is 10.1. The molecule has 1 saturated carbocycles. The maximum absolute atomic E-state index is 10.1. The van der Waals surface area contributed by atoms with Crippen LogP contribution in [0.2, 0.25) is 0 Å². The van der Waals surface area contributed by atoms with Gasteiger partial charge in [-0.25, -0.2) is 0 Å². The van der Waals surface area contributed by atoms with Crippen LogP contribution in [0.3, 0.4) is 0 Å². The highest BCUT2D eigenvalue weighted by Crippen LogP contribution is 2.59. The quantitative estimate of drug-likeness (QED) is 0.623. The number of rotatable bonds is 1. The Morgan fingerprint density at radius 3 is 2.56 bits per heavy atom. The fourth-order valence-corrected chi connectivity index (χ4v) is 3.73. The number of allylic oxidation sites excluding steroid dienone is 1. The van der Waals surface area contributed by atoms with Gasteiger partial charge in [0.1, 0.15) is 6.10 Å². The number of aliphatic hydroxyl groups excluding tert-OH is 3. The van der Waals surface area contributed by atoms with Gasteiger partial charge in [-0.1, -0.05) is 26.5 Å². The van der Waals surface area contributed by atoms with E-state index in [0.29, 0.717) is 6.42 Å². The van der Waals surface area contributed by atoms with Crippen molar-refractivity contribution in [3.63, 3.8) is 0 Å². The van der Waals surface area contributed by atoms with Crippen LogP contribution in [0.5, 0.6) is 0 Å². The van der Waals surface area contributed by atoms with Crippen LogP contribution in [-0.2, 0) is 0 Å². The normalized spacial score (nSPS) is 39.8. The van der Waals surface area contributed by atoms with Gasteiger partial charge in [0.05, 0.1) is 12.7 Å². The minimum atomic E-state index is -0.817. The summed E-state index contributed by atoms with van der Waals surface area (Å²) in [4.78, 5) is 0. The van der Waals surface area contributed by atoms with E-state index in [0.717, 1.165) is 30.4 Å². The molecule has 0 aromatic carbocycles. The summed E-state index contributed by atoms with van der Waals surface area (Å²) in [6.07, 6.45) is 3.70. The lowest BCUT2D eigenvalue weighted by atomic mass is 9.50. The first kappa shape index (κ1) is 13.8. The SMILES string of the molecule is C=C1[C@H](O)[C@@H](O)CC(C)(C)[C@]12CC=C(CO)CC2. The Morgan fingerprint density at radius 1 is 1.39 bits per heavy atom. The van der Waals surface area contributed by atoms with Gasteiger partial charge < -0.3 is 15.3 Å². The molecule has 0 radical (unpaired) electrons. The minimum Gasteiger partial charge on any atom is -0.392 e. The van der Waals surface area contributed by atoms with Crippen molar-refractivity contribution in [2.45, 2.75) is 51.7 Å². The Bertz CT molecular complexity index is 383. The molecule has 3 nitrogen and oxygen atoms in total. The molecule has 0 unspecified atom stereocenters. The summed E-state index contributed by atoms with van der Waals surface area (Å²) in [6.45, 7) is 8.47. The first-order chi connectivity index (χ1) is 8.34. The fourth-order valence-electron chi connectivity index (χ4n) is 3.73. The van der Waals surface area contributed by atoms with Gasteiger partial charge >= 0.3 is 0 Å². The molecule has 3 N–H and O–H groups in total. The van der Waals surface area contributed by atoms with Crippen molar-refractivity contribution < 1.29 is 15.3 Å². The van der Waals surface area contributed by atoms with Crippen LogP contribution in [0.4, 0.5) is 0 Å². The Balaban J connectivity index is 2.35. The van der Waals surface area contributed by atoms with Gasteiger partial charge in [0.15, 0.2) is 0 Å². The molecule has 0 bridgehead atoms. The molecule has 3 atom stereocenters. The summed E-state index contributed by atoms with van der Waals surface area (Å²) < 4.78 is 0.